The molecule has 0 bridgehead atoms. The lowest BCUT2D eigenvalue weighted by Crippen LogP contribution is -2.70. The zero-order valence-corrected chi connectivity index (χ0v) is 20.6. The van der Waals surface area contributed by atoms with Crippen LogP contribution in [0.1, 0.15) is 32.1 Å². The van der Waals surface area contributed by atoms with E-state index in [-0.39, 0.29) is 13.5 Å². The summed E-state index contributed by atoms with van der Waals surface area (Å²) in [6.07, 6.45) is 5.22. The van der Waals surface area contributed by atoms with Crippen molar-refractivity contribution in [1.29, 1.82) is 0 Å². The van der Waals surface area contributed by atoms with Crippen LogP contribution < -0.4 is 30.6 Å². The Morgan fingerprint density at radius 3 is 1.12 bits per heavy atom. The highest BCUT2D eigenvalue weighted by atomic mass is 32.1. The molecule has 0 saturated heterocycles. The van der Waals surface area contributed by atoms with Gasteiger partial charge in [0.15, 0.2) is 0 Å². The van der Waals surface area contributed by atoms with Crippen LogP contribution in [0.5, 0.6) is 17.2 Å². The lowest BCUT2D eigenvalue weighted by atomic mass is 9.10. The quantitative estimate of drug-likeness (QED) is 0.406. The third-order valence-corrected chi connectivity index (χ3v) is 7.28. The van der Waals surface area contributed by atoms with E-state index < -0.39 is 6.15 Å². The molecule has 3 nitrogen and oxygen atoms in total. The summed E-state index contributed by atoms with van der Waals surface area (Å²) in [5.74, 6) is 3.24. The highest BCUT2D eigenvalue weighted by Crippen LogP contribution is 2.37. The van der Waals surface area contributed by atoms with Crippen LogP contribution in [0.4, 0.5) is 0 Å². The van der Waals surface area contributed by atoms with E-state index in [9.17, 15) is 0 Å². The molecule has 0 N–H and O–H groups in total. The van der Waals surface area contributed by atoms with E-state index in [1.807, 2.05) is 0 Å². The molecule has 0 atom stereocenters. The highest BCUT2D eigenvalue weighted by molar-refractivity contribution is 7.37. The Balaban J connectivity index is 0.00000289. The van der Waals surface area contributed by atoms with E-state index in [0.717, 1.165) is 17.2 Å². The van der Waals surface area contributed by atoms with Gasteiger partial charge in [-0.25, -0.2) is 0 Å². The maximum atomic E-state index is 5.47. The van der Waals surface area contributed by atoms with Gasteiger partial charge in [0.1, 0.15) is 17.2 Å². The van der Waals surface area contributed by atoms with Crippen molar-refractivity contribution in [1.82, 2.24) is 0 Å². The molecular formula is C27H35BO3S. The molecule has 0 radical (unpaired) electrons. The van der Waals surface area contributed by atoms with Crippen molar-refractivity contribution in [2.75, 3.05) is 21.3 Å². The molecular weight excluding hydrogens is 415 g/mol. The van der Waals surface area contributed by atoms with Gasteiger partial charge in [-0.3, -0.25) is 0 Å². The van der Waals surface area contributed by atoms with Crippen LogP contribution in [-0.2, 0) is 13.5 Å². The van der Waals surface area contributed by atoms with Gasteiger partial charge in [0.05, 0.1) is 27.5 Å². The van der Waals surface area contributed by atoms with Gasteiger partial charge in [-0.1, -0.05) is 82.0 Å². The van der Waals surface area contributed by atoms with Crippen LogP contribution in [0.25, 0.3) is 0 Å². The third-order valence-electron chi connectivity index (χ3n) is 7.28. The summed E-state index contributed by atoms with van der Waals surface area (Å²) < 4.78 is 16.4. The molecule has 3 aromatic rings. The van der Waals surface area contributed by atoms with Crippen LogP contribution in [0.15, 0.2) is 72.8 Å². The number of hydrogen-bond donors (Lipinski definition) is 0. The van der Waals surface area contributed by atoms with Gasteiger partial charge in [0.2, 0.25) is 0 Å². The minimum Gasteiger partial charge on any atom is -0.497 e. The fourth-order valence-corrected chi connectivity index (χ4v) is 5.75. The summed E-state index contributed by atoms with van der Waals surface area (Å²) in [5.41, 5.74) is 4.09. The topological polar surface area (TPSA) is 27.7 Å². The average Bonchev–Trinajstić information content (AvgIpc) is 2.86. The third kappa shape index (κ3) is 4.49. The van der Waals surface area contributed by atoms with E-state index in [2.05, 4.69) is 72.8 Å². The van der Waals surface area contributed by atoms with E-state index in [1.165, 1.54) is 48.5 Å². The molecule has 5 heteroatoms. The first-order chi connectivity index (χ1) is 15.2. The number of rotatable bonds is 7. The van der Waals surface area contributed by atoms with Crippen LogP contribution in [0, 0.1) is 0 Å². The summed E-state index contributed by atoms with van der Waals surface area (Å²) in [6, 6.07) is 26.2. The fraction of sp³-hybridized carbons (Fsp3) is 0.333. The molecule has 1 fully saturated rings. The second kappa shape index (κ2) is 10.9. The molecule has 0 spiro atoms. The van der Waals surface area contributed by atoms with Crippen molar-refractivity contribution < 1.29 is 14.2 Å². The van der Waals surface area contributed by atoms with E-state index in [0.29, 0.717) is 5.82 Å². The van der Waals surface area contributed by atoms with Crippen LogP contribution in [-0.4, -0.2) is 27.5 Å². The van der Waals surface area contributed by atoms with Crippen LogP contribution in [0.2, 0.25) is 5.82 Å². The number of benzene rings is 3. The van der Waals surface area contributed by atoms with Gasteiger partial charge >= 0.3 is 0 Å². The average molecular weight is 450 g/mol. The monoisotopic (exact) mass is 450 g/mol. The normalized spacial score (nSPS) is 14.3. The van der Waals surface area contributed by atoms with Crippen LogP contribution in [0.3, 0.4) is 0 Å². The number of ether oxygens (including phenoxy) is 3. The first-order valence-electron chi connectivity index (χ1n) is 11.3. The Morgan fingerprint density at radius 1 is 0.531 bits per heavy atom. The minimum absolute atomic E-state index is 0. The predicted octanol–water partition coefficient (Wildman–Crippen LogP) is 3.71. The first kappa shape index (κ1) is 24.1. The van der Waals surface area contributed by atoms with Crippen molar-refractivity contribution >= 4 is 36.0 Å². The molecule has 3 aromatic carbocycles. The molecule has 0 aliphatic heterocycles. The molecule has 1 aliphatic rings. The summed E-state index contributed by atoms with van der Waals surface area (Å²) >= 11 is 0. The molecule has 4 rings (SSSR count). The van der Waals surface area contributed by atoms with Gasteiger partial charge in [0.25, 0.3) is 0 Å². The lowest BCUT2D eigenvalue weighted by molar-refractivity contribution is 0.415. The van der Waals surface area contributed by atoms with Gasteiger partial charge in [-0.15, -0.1) is 0 Å². The molecule has 1 aliphatic carbocycles. The van der Waals surface area contributed by atoms with Gasteiger partial charge in [-0.2, -0.15) is 22.2 Å². The summed E-state index contributed by atoms with van der Waals surface area (Å²) in [5, 5.41) is 0. The van der Waals surface area contributed by atoms with Gasteiger partial charge in [-0.05, 0) is 36.4 Å². The first-order valence-corrected chi connectivity index (χ1v) is 11.3. The van der Waals surface area contributed by atoms with Crippen molar-refractivity contribution in [2.45, 2.75) is 37.9 Å². The standard InChI is InChI=1S/C27H32BO3.H2S/c1-29-25-15-9-22(10-16-25)28(21-7-5-4-6-8-21,23-11-17-26(30-2)18-12-23)24-13-19-27(31-3)20-14-24;/h9-21H,4-8H2,1-3H3;1H2/q-1;/p+1. The van der Waals surface area contributed by atoms with Gasteiger partial charge < -0.3 is 14.2 Å². The molecule has 0 unspecified atom stereocenters. The zero-order valence-electron chi connectivity index (χ0n) is 19.4. The number of hydrogen-bond acceptors (Lipinski definition) is 3. The smallest absolute Gasteiger partial charge is 0.118 e. The summed E-state index contributed by atoms with van der Waals surface area (Å²) in [4.78, 5) is 0. The Hall–Kier alpha value is -2.53. The highest BCUT2D eigenvalue weighted by Gasteiger charge is 2.37. The fourth-order valence-electron chi connectivity index (χ4n) is 5.75. The van der Waals surface area contributed by atoms with Crippen molar-refractivity contribution in [3.63, 3.8) is 0 Å². The van der Waals surface area contributed by atoms with E-state index in [1.54, 1.807) is 21.3 Å². The summed E-state index contributed by atoms with van der Waals surface area (Å²) in [6.45, 7) is 0. The zero-order chi connectivity index (χ0) is 21.7. The second-order valence-corrected chi connectivity index (χ2v) is 8.65. The molecule has 0 aromatic heterocycles. The molecule has 0 amide bonds. The van der Waals surface area contributed by atoms with Gasteiger partial charge in [0, 0.05) is 0 Å². The summed E-state index contributed by atoms with van der Waals surface area (Å²) in [7, 11) is 5.17. The maximum absolute atomic E-state index is 5.47. The molecule has 1 saturated carbocycles. The van der Waals surface area contributed by atoms with Crippen LogP contribution >= 0.6 is 0 Å². The largest absolute Gasteiger partial charge is 0.497 e. The Bertz CT molecular complexity index is 850. The molecule has 170 valence electrons. The maximum Gasteiger partial charge on any atom is 0.118 e. The number of methoxy groups -OCH3 is 3. The van der Waals surface area contributed by atoms with Crippen molar-refractivity contribution in [3.05, 3.63) is 72.8 Å². The Labute approximate surface area is 199 Å². The van der Waals surface area contributed by atoms with Crippen molar-refractivity contribution in [2.24, 2.45) is 0 Å². The Morgan fingerprint density at radius 2 is 0.844 bits per heavy atom. The van der Waals surface area contributed by atoms with Crippen molar-refractivity contribution in [3.8, 4) is 17.2 Å². The Kier molecular flexibility index (Phi) is 8.19. The lowest BCUT2D eigenvalue weighted by Gasteiger charge is -2.51. The molecule has 0 heterocycles. The molecule has 32 heavy (non-hydrogen) atoms. The van der Waals surface area contributed by atoms with E-state index >= 15 is 0 Å². The second-order valence-electron chi connectivity index (χ2n) is 8.65. The minimum atomic E-state index is -1.17. The predicted molar refractivity (Wildman–Crippen MR) is 142 cm³/mol. The SMILES string of the molecule is COc1ccc([B-](c2ccc(OC)cc2)(c2ccc(OC)cc2)C2CCCCC2)cc1.[SH3+]. The van der Waals surface area contributed by atoms with E-state index in [4.69, 9.17) is 14.2 Å².